The molecular weight excluding hydrogens is 250 g/mol. The van der Waals surface area contributed by atoms with Gasteiger partial charge in [-0.1, -0.05) is 38.1 Å². The molecule has 3 heteroatoms. The van der Waals surface area contributed by atoms with Crippen molar-refractivity contribution in [3.63, 3.8) is 0 Å². The Hall–Kier alpha value is -1.61. The summed E-state index contributed by atoms with van der Waals surface area (Å²) in [6.45, 7) is 5.76. The molecule has 2 rings (SSSR count). The Bertz CT molecular complexity index is 456. The van der Waals surface area contributed by atoms with Crippen LogP contribution in [0.15, 0.2) is 30.3 Å². The first-order valence-corrected chi connectivity index (χ1v) is 7.32. The normalized spacial score (nSPS) is 18.9. The third kappa shape index (κ3) is 4.49. The highest BCUT2D eigenvalue weighted by Gasteiger charge is 2.15. The molecule has 0 unspecified atom stereocenters. The summed E-state index contributed by atoms with van der Waals surface area (Å²) in [5.74, 6) is 0.469. The van der Waals surface area contributed by atoms with E-state index in [4.69, 9.17) is 4.74 Å². The van der Waals surface area contributed by atoms with Crippen LogP contribution in [0.3, 0.4) is 0 Å². The lowest BCUT2D eigenvalue weighted by Crippen LogP contribution is -2.30. The number of ether oxygens (including phenoxy) is 1. The number of carbonyl (C=O) groups is 1. The molecule has 1 N–H and O–H groups in total. The summed E-state index contributed by atoms with van der Waals surface area (Å²) in [6.07, 6.45) is 5.76. The molecule has 1 amide bonds. The van der Waals surface area contributed by atoms with E-state index in [9.17, 15) is 4.79 Å². The van der Waals surface area contributed by atoms with Crippen LogP contribution in [-0.4, -0.2) is 25.2 Å². The molecule has 0 spiro atoms. The smallest absolute Gasteiger partial charge is 0.244 e. The van der Waals surface area contributed by atoms with E-state index in [-0.39, 0.29) is 12.0 Å². The highest BCUT2D eigenvalue weighted by molar-refractivity contribution is 5.91. The maximum atomic E-state index is 11.7. The molecule has 0 aromatic heterocycles. The fourth-order valence-corrected chi connectivity index (χ4v) is 2.24. The van der Waals surface area contributed by atoms with Crippen LogP contribution in [0.5, 0.6) is 0 Å². The van der Waals surface area contributed by atoms with Gasteiger partial charge in [0.2, 0.25) is 5.91 Å². The van der Waals surface area contributed by atoms with Crippen molar-refractivity contribution in [1.29, 1.82) is 0 Å². The summed E-state index contributed by atoms with van der Waals surface area (Å²) in [7, 11) is 0. The Kier molecular flexibility index (Phi) is 5.36. The van der Waals surface area contributed by atoms with Gasteiger partial charge in [-0.3, -0.25) is 4.79 Å². The zero-order chi connectivity index (χ0) is 14.4. The van der Waals surface area contributed by atoms with Gasteiger partial charge in [-0.2, -0.15) is 0 Å². The van der Waals surface area contributed by atoms with Gasteiger partial charge in [0.25, 0.3) is 0 Å². The van der Waals surface area contributed by atoms with E-state index in [0.29, 0.717) is 12.5 Å². The van der Waals surface area contributed by atoms with E-state index in [2.05, 4.69) is 31.3 Å². The lowest BCUT2D eigenvalue weighted by atomic mass is 10.0. The predicted molar refractivity (Wildman–Crippen MR) is 81.5 cm³/mol. The minimum absolute atomic E-state index is 0.0616. The maximum absolute atomic E-state index is 11.7. The van der Waals surface area contributed by atoms with Crippen molar-refractivity contribution in [1.82, 2.24) is 5.32 Å². The van der Waals surface area contributed by atoms with Crippen LogP contribution in [0.1, 0.15) is 43.7 Å². The summed E-state index contributed by atoms with van der Waals surface area (Å²) in [5.41, 5.74) is 2.35. The van der Waals surface area contributed by atoms with Crippen LogP contribution < -0.4 is 5.32 Å². The highest BCUT2D eigenvalue weighted by atomic mass is 16.5. The van der Waals surface area contributed by atoms with E-state index in [1.165, 1.54) is 5.56 Å². The van der Waals surface area contributed by atoms with Gasteiger partial charge in [0.05, 0.1) is 6.10 Å². The average molecular weight is 273 g/mol. The fourth-order valence-electron chi connectivity index (χ4n) is 2.24. The average Bonchev–Trinajstić information content (AvgIpc) is 2.96. The lowest BCUT2D eigenvalue weighted by Gasteiger charge is -2.09. The van der Waals surface area contributed by atoms with Gasteiger partial charge in [0.1, 0.15) is 0 Å². The number of benzene rings is 1. The van der Waals surface area contributed by atoms with Gasteiger partial charge in [-0.25, -0.2) is 0 Å². The minimum Gasteiger partial charge on any atom is -0.376 e. The Morgan fingerprint density at radius 3 is 2.75 bits per heavy atom. The topological polar surface area (TPSA) is 38.3 Å². The zero-order valence-corrected chi connectivity index (χ0v) is 12.3. The van der Waals surface area contributed by atoms with Crippen molar-refractivity contribution in [3.8, 4) is 0 Å². The van der Waals surface area contributed by atoms with Crippen LogP contribution in [0.2, 0.25) is 0 Å². The molecule has 1 saturated heterocycles. The van der Waals surface area contributed by atoms with Gasteiger partial charge < -0.3 is 10.1 Å². The Morgan fingerprint density at radius 1 is 1.40 bits per heavy atom. The molecule has 0 bridgehead atoms. The first-order valence-electron chi connectivity index (χ1n) is 7.32. The second kappa shape index (κ2) is 7.25. The largest absolute Gasteiger partial charge is 0.376 e. The zero-order valence-electron chi connectivity index (χ0n) is 12.3. The summed E-state index contributed by atoms with van der Waals surface area (Å²) in [4.78, 5) is 11.7. The summed E-state index contributed by atoms with van der Waals surface area (Å²) in [6, 6.07) is 8.29. The van der Waals surface area contributed by atoms with Gasteiger partial charge >= 0.3 is 0 Å². The van der Waals surface area contributed by atoms with E-state index >= 15 is 0 Å². The van der Waals surface area contributed by atoms with Gasteiger partial charge in [0.15, 0.2) is 0 Å². The number of rotatable bonds is 5. The molecule has 1 heterocycles. The number of hydrogen-bond donors (Lipinski definition) is 1. The molecular formula is C17H23NO2. The Balaban J connectivity index is 1.80. The molecule has 1 aromatic rings. The molecule has 1 aliphatic heterocycles. The van der Waals surface area contributed by atoms with Crippen molar-refractivity contribution in [2.45, 2.75) is 38.7 Å². The Morgan fingerprint density at radius 2 is 2.15 bits per heavy atom. The van der Waals surface area contributed by atoms with Crippen LogP contribution in [0.25, 0.3) is 6.08 Å². The van der Waals surface area contributed by atoms with Crippen molar-refractivity contribution in [2.24, 2.45) is 0 Å². The standard InChI is InChI=1S/C17H23NO2/c1-13(2)15-8-5-14(6-9-15)7-10-17(19)18-12-16-4-3-11-20-16/h5-10,13,16H,3-4,11-12H2,1-2H3,(H,18,19)/b10-7+/t16-/m1/s1. The van der Waals surface area contributed by atoms with Gasteiger partial charge in [0, 0.05) is 19.2 Å². The number of nitrogens with one attached hydrogen (secondary N) is 1. The minimum atomic E-state index is -0.0616. The van der Waals surface area contributed by atoms with Crippen molar-refractivity contribution >= 4 is 12.0 Å². The SMILES string of the molecule is CC(C)c1ccc(/C=C/C(=O)NC[C@H]2CCCO2)cc1. The quantitative estimate of drug-likeness (QED) is 0.837. The van der Waals surface area contributed by atoms with Crippen LogP contribution in [0.4, 0.5) is 0 Å². The maximum Gasteiger partial charge on any atom is 0.244 e. The molecule has 1 aromatic carbocycles. The Labute approximate surface area is 121 Å². The molecule has 0 radical (unpaired) electrons. The van der Waals surface area contributed by atoms with Crippen LogP contribution in [-0.2, 0) is 9.53 Å². The number of hydrogen-bond acceptors (Lipinski definition) is 2. The van der Waals surface area contributed by atoms with Gasteiger partial charge in [-0.05, 0) is 36.0 Å². The van der Waals surface area contributed by atoms with E-state index in [1.54, 1.807) is 6.08 Å². The van der Waals surface area contributed by atoms with Crippen molar-refractivity contribution in [3.05, 3.63) is 41.5 Å². The highest BCUT2D eigenvalue weighted by Crippen LogP contribution is 2.15. The molecule has 0 saturated carbocycles. The predicted octanol–water partition coefficient (Wildman–Crippen LogP) is 3.12. The van der Waals surface area contributed by atoms with E-state index in [0.717, 1.165) is 25.0 Å². The van der Waals surface area contributed by atoms with E-state index in [1.807, 2.05) is 18.2 Å². The second-order valence-corrected chi connectivity index (χ2v) is 5.53. The molecule has 1 fully saturated rings. The van der Waals surface area contributed by atoms with Crippen LogP contribution in [0, 0.1) is 0 Å². The van der Waals surface area contributed by atoms with Crippen molar-refractivity contribution in [2.75, 3.05) is 13.2 Å². The van der Waals surface area contributed by atoms with Gasteiger partial charge in [-0.15, -0.1) is 0 Å². The van der Waals surface area contributed by atoms with Crippen molar-refractivity contribution < 1.29 is 9.53 Å². The molecule has 108 valence electrons. The summed E-state index contributed by atoms with van der Waals surface area (Å²) >= 11 is 0. The second-order valence-electron chi connectivity index (χ2n) is 5.53. The lowest BCUT2D eigenvalue weighted by molar-refractivity contribution is -0.116. The fraction of sp³-hybridized carbons (Fsp3) is 0.471. The van der Waals surface area contributed by atoms with E-state index < -0.39 is 0 Å². The summed E-state index contributed by atoms with van der Waals surface area (Å²) < 4.78 is 5.46. The monoisotopic (exact) mass is 273 g/mol. The third-order valence-corrected chi connectivity index (χ3v) is 3.56. The molecule has 1 atom stereocenters. The number of carbonyl (C=O) groups excluding carboxylic acids is 1. The summed E-state index contributed by atoms with van der Waals surface area (Å²) in [5, 5.41) is 2.87. The molecule has 1 aliphatic rings. The molecule has 0 aliphatic carbocycles. The molecule has 20 heavy (non-hydrogen) atoms. The molecule has 3 nitrogen and oxygen atoms in total. The first-order chi connectivity index (χ1) is 9.65. The first kappa shape index (κ1) is 14.8. The van der Waals surface area contributed by atoms with Crippen LogP contribution >= 0.6 is 0 Å². The third-order valence-electron chi connectivity index (χ3n) is 3.56. The number of amides is 1.